The molecule has 0 heterocycles. The molecule has 2 fully saturated rings. The van der Waals surface area contributed by atoms with E-state index in [-0.39, 0.29) is 28.2 Å². The average molecular weight is 857 g/mol. The van der Waals surface area contributed by atoms with Crippen LogP contribution in [0.25, 0.3) is 11.1 Å². The van der Waals surface area contributed by atoms with Crippen molar-refractivity contribution in [3.8, 4) is 28.7 Å². The van der Waals surface area contributed by atoms with Gasteiger partial charge in [0.15, 0.2) is 11.6 Å². The SMILES string of the molecule is CC1(C)C(C=C(Cl)Cl)C1C(=O)OC(C#N)c1ccc(F)c(Oc2ccccc2)c1.Cc1c(COC(=O)C2C(/C=C(\Cl)C(F)(F)F)C2(C)C)cccc1-c1ccccc1. The van der Waals surface area contributed by atoms with Gasteiger partial charge in [0.05, 0.1) is 11.8 Å². The lowest BCUT2D eigenvalue weighted by Crippen LogP contribution is -2.14. The summed E-state index contributed by atoms with van der Waals surface area (Å²) < 4.78 is 68.7. The van der Waals surface area contributed by atoms with Crippen molar-refractivity contribution in [2.75, 3.05) is 0 Å². The Balaban J connectivity index is 0.000000221. The molecule has 5 unspecified atom stereocenters. The molecule has 5 atom stereocenters. The van der Waals surface area contributed by atoms with E-state index in [1.54, 1.807) is 44.2 Å². The van der Waals surface area contributed by atoms with Crippen molar-refractivity contribution in [1.82, 2.24) is 0 Å². The van der Waals surface area contributed by atoms with Crippen molar-refractivity contribution in [2.45, 2.75) is 53.5 Å². The first-order chi connectivity index (χ1) is 27.3. The standard InChI is InChI=1S/C23H22ClF3O2.C22H18Cl2FNO3/c1-14-16(10-7-11-17(14)15-8-5-4-6-9-15)13-29-21(28)20-18(22(20,2)3)12-19(24)23(25,26)27;1-22(2)15(11-19(23)24)20(22)21(27)29-18(12-26)13-8-9-16(25)17(10-13)28-14-6-4-3-5-7-14/h4-12,18,20H,13H2,1-3H3;3-11,15,18,20H,1-2H3/b19-12-;. The lowest BCUT2D eigenvalue weighted by atomic mass is 9.97. The quantitative estimate of drug-likeness (QED) is 0.110. The molecule has 0 aromatic heterocycles. The maximum absolute atomic E-state index is 14.2. The van der Waals surface area contributed by atoms with Gasteiger partial charge in [0, 0.05) is 5.56 Å². The van der Waals surface area contributed by atoms with E-state index in [0.717, 1.165) is 28.3 Å². The van der Waals surface area contributed by atoms with Crippen molar-refractivity contribution in [3.63, 3.8) is 0 Å². The molecule has 58 heavy (non-hydrogen) atoms. The van der Waals surface area contributed by atoms with Gasteiger partial charge in [-0.3, -0.25) is 9.59 Å². The molecular formula is C45H40Cl3F4NO5. The summed E-state index contributed by atoms with van der Waals surface area (Å²) in [6.45, 7) is 9.29. The van der Waals surface area contributed by atoms with E-state index in [2.05, 4.69) is 0 Å². The highest BCUT2D eigenvalue weighted by atomic mass is 35.5. The van der Waals surface area contributed by atoms with Crippen LogP contribution in [0.15, 0.2) is 119 Å². The van der Waals surface area contributed by atoms with Crippen LogP contribution in [0.3, 0.4) is 0 Å². The Kier molecular flexibility index (Phi) is 13.7. The number of carbonyl (C=O) groups excluding carboxylic acids is 2. The number of carbonyl (C=O) groups is 2. The first-order valence-corrected chi connectivity index (χ1v) is 19.3. The molecule has 0 radical (unpaired) electrons. The Morgan fingerprint density at radius 2 is 1.41 bits per heavy atom. The zero-order valence-electron chi connectivity index (χ0n) is 32.1. The van der Waals surface area contributed by atoms with Crippen LogP contribution >= 0.6 is 34.8 Å². The minimum atomic E-state index is -4.61. The summed E-state index contributed by atoms with van der Waals surface area (Å²) in [7, 11) is 0. The van der Waals surface area contributed by atoms with Gasteiger partial charge >= 0.3 is 18.1 Å². The summed E-state index contributed by atoms with van der Waals surface area (Å²) in [5.74, 6) is -3.13. The fraction of sp³-hybridized carbons (Fsp3) is 0.311. The highest BCUT2D eigenvalue weighted by molar-refractivity contribution is 6.55. The summed E-state index contributed by atoms with van der Waals surface area (Å²) in [5, 5.41) is 8.31. The molecule has 2 saturated carbocycles. The number of hydrogen-bond acceptors (Lipinski definition) is 6. The van der Waals surface area contributed by atoms with E-state index in [1.165, 1.54) is 18.2 Å². The zero-order chi connectivity index (χ0) is 42.6. The molecule has 0 N–H and O–H groups in total. The highest BCUT2D eigenvalue weighted by Gasteiger charge is 2.63. The third kappa shape index (κ3) is 10.4. The molecular weight excluding hydrogens is 817 g/mol. The van der Waals surface area contributed by atoms with E-state index in [0.29, 0.717) is 11.3 Å². The van der Waals surface area contributed by atoms with Crippen molar-refractivity contribution in [2.24, 2.45) is 34.5 Å². The Morgan fingerprint density at radius 3 is 2.00 bits per heavy atom. The number of nitrogens with zero attached hydrogens (tertiary/aromatic N) is 1. The largest absolute Gasteiger partial charge is 0.461 e. The molecule has 6 rings (SSSR count). The minimum Gasteiger partial charge on any atom is -0.461 e. The van der Waals surface area contributed by atoms with Crippen LogP contribution in [0.5, 0.6) is 11.5 Å². The predicted molar refractivity (Wildman–Crippen MR) is 215 cm³/mol. The van der Waals surface area contributed by atoms with Gasteiger partial charge in [-0.15, -0.1) is 0 Å². The molecule has 4 aromatic rings. The average Bonchev–Trinajstić information content (AvgIpc) is 3.94. The summed E-state index contributed by atoms with van der Waals surface area (Å²) >= 11 is 16.8. The van der Waals surface area contributed by atoms with E-state index < -0.39 is 58.2 Å². The number of para-hydroxylation sites is 1. The Hall–Kier alpha value is -4.82. The fourth-order valence-corrected chi connectivity index (χ4v) is 7.42. The topological polar surface area (TPSA) is 85.6 Å². The van der Waals surface area contributed by atoms with Crippen LogP contribution in [-0.2, 0) is 25.7 Å². The number of halogens is 7. The number of esters is 2. The number of rotatable bonds is 11. The van der Waals surface area contributed by atoms with Gasteiger partial charge in [-0.2, -0.15) is 18.4 Å². The van der Waals surface area contributed by atoms with E-state index in [1.807, 2.05) is 81.4 Å². The van der Waals surface area contributed by atoms with Gasteiger partial charge in [0.2, 0.25) is 6.10 Å². The van der Waals surface area contributed by atoms with Gasteiger partial charge in [-0.25, -0.2) is 4.39 Å². The summed E-state index contributed by atoms with van der Waals surface area (Å²) in [6.07, 6.45) is -3.29. The number of hydrogen-bond donors (Lipinski definition) is 0. The molecule has 0 aliphatic heterocycles. The highest BCUT2D eigenvalue weighted by Crippen LogP contribution is 2.61. The maximum atomic E-state index is 14.2. The number of benzene rings is 4. The van der Waals surface area contributed by atoms with Crippen molar-refractivity contribution in [3.05, 3.63) is 141 Å². The van der Waals surface area contributed by atoms with Gasteiger partial charge in [0.1, 0.15) is 27.9 Å². The summed E-state index contributed by atoms with van der Waals surface area (Å²) in [5.41, 5.74) is 3.28. The van der Waals surface area contributed by atoms with Crippen LogP contribution in [0.1, 0.15) is 50.5 Å². The Bertz CT molecular complexity index is 2230. The Labute approximate surface area is 350 Å². The zero-order valence-corrected chi connectivity index (χ0v) is 34.4. The molecule has 0 saturated heterocycles. The molecule has 0 spiro atoms. The smallest absolute Gasteiger partial charge is 0.426 e. The lowest BCUT2D eigenvalue weighted by Gasteiger charge is -2.14. The van der Waals surface area contributed by atoms with Crippen molar-refractivity contribution >= 4 is 46.7 Å². The Morgan fingerprint density at radius 1 is 0.828 bits per heavy atom. The second-order valence-corrected chi connectivity index (χ2v) is 16.6. The molecule has 2 aliphatic carbocycles. The first kappa shape index (κ1) is 44.3. The van der Waals surface area contributed by atoms with E-state index in [4.69, 9.17) is 49.0 Å². The predicted octanol–water partition coefficient (Wildman–Crippen LogP) is 13.0. The van der Waals surface area contributed by atoms with Gasteiger partial charge in [-0.1, -0.05) is 141 Å². The van der Waals surface area contributed by atoms with Gasteiger partial charge in [0.25, 0.3) is 0 Å². The molecule has 6 nitrogen and oxygen atoms in total. The summed E-state index contributed by atoms with van der Waals surface area (Å²) in [6, 6.07) is 30.2. The first-order valence-electron chi connectivity index (χ1n) is 18.2. The molecule has 0 amide bonds. The van der Waals surface area contributed by atoms with Gasteiger partial charge in [-0.05, 0) is 82.2 Å². The van der Waals surface area contributed by atoms with Crippen LogP contribution in [0, 0.1) is 58.6 Å². The molecule has 4 aromatic carbocycles. The third-order valence-electron chi connectivity index (χ3n) is 10.7. The monoisotopic (exact) mass is 855 g/mol. The number of allylic oxidation sites excluding steroid dienone is 3. The van der Waals surface area contributed by atoms with E-state index >= 15 is 0 Å². The summed E-state index contributed by atoms with van der Waals surface area (Å²) in [4.78, 5) is 25.1. The number of ether oxygens (including phenoxy) is 3. The van der Waals surface area contributed by atoms with Crippen molar-refractivity contribution < 1.29 is 41.4 Å². The molecule has 13 heteroatoms. The molecule has 0 bridgehead atoms. The number of alkyl halides is 3. The second-order valence-electron chi connectivity index (χ2n) is 15.2. The minimum absolute atomic E-state index is 0.0634. The second kappa shape index (κ2) is 18.0. The van der Waals surface area contributed by atoms with Crippen LogP contribution < -0.4 is 4.74 Å². The fourth-order valence-electron chi connectivity index (χ4n) is 7.01. The normalized spacial score (nSPS) is 20.6. The lowest BCUT2D eigenvalue weighted by molar-refractivity contribution is -0.149. The number of nitriles is 1. The maximum Gasteiger partial charge on any atom is 0.426 e. The third-order valence-corrected chi connectivity index (χ3v) is 11.3. The van der Waals surface area contributed by atoms with E-state index in [9.17, 15) is 32.4 Å². The van der Waals surface area contributed by atoms with Crippen LogP contribution in [0.4, 0.5) is 17.6 Å². The van der Waals surface area contributed by atoms with Crippen LogP contribution in [0.2, 0.25) is 0 Å². The van der Waals surface area contributed by atoms with Gasteiger partial charge < -0.3 is 14.2 Å². The molecule has 304 valence electrons. The molecule has 2 aliphatic rings. The van der Waals surface area contributed by atoms with Crippen LogP contribution in [-0.4, -0.2) is 18.1 Å². The van der Waals surface area contributed by atoms with Crippen molar-refractivity contribution in [1.29, 1.82) is 5.26 Å².